The number of benzene rings is 1. The fourth-order valence-electron chi connectivity index (χ4n) is 2.35. The van der Waals surface area contributed by atoms with Gasteiger partial charge in [-0.25, -0.2) is 4.79 Å². The Bertz CT molecular complexity index is 543. The monoisotopic (exact) mass is 293 g/mol. The highest BCUT2D eigenvalue weighted by Crippen LogP contribution is 2.35. The fourth-order valence-corrected chi connectivity index (χ4v) is 2.35. The normalized spacial score (nSPS) is 15.2. The average molecular weight is 293 g/mol. The van der Waals surface area contributed by atoms with Crippen LogP contribution in [0.25, 0.3) is 0 Å². The first kappa shape index (κ1) is 15.3. The zero-order chi connectivity index (χ0) is 15.4. The zero-order valence-corrected chi connectivity index (χ0v) is 12.2. The third-order valence-corrected chi connectivity index (χ3v) is 3.34. The molecule has 0 saturated heterocycles. The molecule has 6 nitrogen and oxygen atoms in total. The van der Waals surface area contributed by atoms with Crippen molar-refractivity contribution in [1.29, 1.82) is 0 Å². The lowest BCUT2D eigenvalue weighted by Crippen LogP contribution is -2.49. The van der Waals surface area contributed by atoms with E-state index in [0.717, 1.165) is 0 Å². The van der Waals surface area contributed by atoms with Crippen LogP contribution >= 0.6 is 0 Å². The molecule has 1 heterocycles. The largest absolute Gasteiger partial charge is 0.482 e. The number of aliphatic hydroxyl groups is 1. The highest BCUT2D eigenvalue weighted by Gasteiger charge is 2.35. The molecule has 21 heavy (non-hydrogen) atoms. The van der Waals surface area contributed by atoms with Crippen LogP contribution in [0, 0.1) is 0 Å². The topological polar surface area (TPSA) is 76.1 Å². The van der Waals surface area contributed by atoms with Gasteiger partial charge in [0.05, 0.1) is 18.9 Å². The highest BCUT2D eigenvalue weighted by molar-refractivity contribution is 6.03. The number of anilines is 1. The molecular weight excluding hydrogens is 274 g/mol. The number of nitrogens with zero attached hydrogens (tertiary/aromatic N) is 1. The lowest BCUT2D eigenvalue weighted by atomic mass is 10.1. The second kappa shape index (κ2) is 6.58. The zero-order valence-electron chi connectivity index (χ0n) is 12.2. The molecule has 1 aliphatic heterocycles. The molecule has 0 saturated carbocycles. The second-order valence-electron chi connectivity index (χ2n) is 4.69. The molecule has 6 heteroatoms. The third kappa shape index (κ3) is 3.00. The van der Waals surface area contributed by atoms with E-state index in [1.807, 2.05) is 6.92 Å². The molecule has 1 aromatic rings. The summed E-state index contributed by atoms with van der Waals surface area (Å²) in [4.78, 5) is 25.7. The molecule has 0 radical (unpaired) electrons. The summed E-state index contributed by atoms with van der Waals surface area (Å²) in [7, 11) is 0. The molecule has 1 amide bonds. The molecule has 114 valence electrons. The highest BCUT2D eigenvalue weighted by atomic mass is 16.5. The van der Waals surface area contributed by atoms with Crippen molar-refractivity contribution >= 4 is 17.6 Å². The first-order valence-corrected chi connectivity index (χ1v) is 6.97. The van der Waals surface area contributed by atoms with Crippen molar-refractivity contribution in [1.82, 2.24) is 0 Å². The SMILES string of the molecule is CCOC(=O)C(CC)N1C(=O)COc2ccc(CO)cc21. The van der Waals surface area contributed by atoms with Gasteiger partial charge in [0.2, 0.25) is 0 Å². The van der Waals surface area contributed by atoms with Gasteiger partial charge in [-0.05, 0) is 31.0 Å². The Labute approximate surface area is 123 Å². The fraction of sp³-hybridized carbons (Fsp3) is 0.467. The van der Waals surface area contributed by atoms with Crippen LogP contribution in [0.5, 0.6) is 5.75 Å². The van der Waals surface area contributed by atoms with Gasteiger partial charge in [0.15, 0.2) is 6.61 Å². The molecule has 1 aliphatic rings. The summed E-state index contributed by atoms with van der Waals surface area (Å²) in [6.07, 6.45) is 0.438. The van der Waals surface area contributed by atoms with E-state index in [1.165, 1.54) is 4.90 Å². The molecule has 0 aromatic heterocycles. The van der Waals surface area contributed by atoms with Gasteiger partial charge in [-0.3, -0.25) is 9.69 Å². The van der Waals surface area contributed by atoms with Crippen molar-refractivity contribution in [3.63, 3.8) is 0 Å². The van der Waals surface area contributed by atoms with E-state index < -0.39 is 12.0 Å². The van der Waals surface area contributed by atoms with Crippen LogP contribution < -0.4 is 9.64 Å². The number of fused-ring (bicyclic) bond motifs is 1. The minimum absolute atomic E-state index is 0.110. The number of ether oxygens (including phenoxy) is 2. The number of rotatable bonds is 5. The van der Waals surface area contributed by atoms with Gasteiger partial charge in [0, 0.05) is 0 Å². The summed E-state index contributed by atoms with van der Waals surface area (Å²) in [6, 6.07) is 4.39. The molecule has 1 aromatic carbocycles. The standard InChI is InChI=1S/C15H19NO5/c1-3-11(15(19)20-4-2)16-12-7-10(8-17)5-6-13(12)21-9-14(16)18/h5-7,11,17H,3-4,8-9H2,1-2H3. The maximum absolute atomic E-state index is 12.2. The molecular formula is C15H19NO5. The Morgan fingerprint density at radius 2 is 2.24 bits per heavy atom. The van der Waals surface area contributed by atoms with Gasteiger partial charge < -0.3 is 14.6 Å². The molecule has 0 spiro atoms. The Hall–Kier alpha value is -2.08. The van der Waals surface area contributed by atoms with Crippen molar-refractivity contribution in [2.45, 2.75) is 32.9 Å². The summed E-state index contributed by atoms with van der Waals surface area (Å²) in [5, 5.41) is 9.24. The predicted molar refractivity (Wildman–Crippen MR) is 76.1 cm³/mol. The maximum atomic E-state index is 12.2. The van der Waals surface area contributed by atoms with Crippen LogP contribution in [0.3, 0.4) is 0 Å². The lowest BCUT2D eigenvalue weighted by molar-refractivity contribution is -0.146. The Balaban J connectivity index is 2.42. The average Bonchev–Trinajstić information content (AvgIpc) is 2.50. The van der Waals surface area contributed by atoms with Crippen LogP contribution in [0.4, 0.5) is 5.69 Å². The number of esters is 1. The Kier molecular flexibility index (Phi) is 4.80. The molecule has 1 unspecified atom stereocenters. The Morgan fingerprint density at radius 3 is 2.86 bits per heavy atom. The minimum Gasteiger partial charge on any atom is -0.482 e. The molecule has 2 rings (SSSR count). The van der Waals surface area contributed by atoms with Crippen molar-refractivity contribution in [3.8, 4) is 5.75 Å². The smallest absolute Gasteiger partial charge is 0.329 e. The summed E-state index contributed by atoms with van der Waals surface area (Å²) in [5.41, 5.74) is 1.15. The van der Waals surface area contributed by atoms with Gasteiger partial charge in [-0.1, -0.05) is 13.0 Å². The van der Waals surface area contributed by atoms with Crippen LogP contribution in [0.15, 0.2) is 18.2 Å². The van der Waals surface area contributed by atoms with Gasteiger partial charge in [-0.15, -0.1) is 0 Å². The van der Waals surface area contributed by atoms with Crippen LogP contribution in [-0.2, 0) is 20.9 Å². The first-order valence-electron chi connectivity index (χ1n) is 6.97. The number of hydrogen-bond acceptors (Lipinski definition) is 5. The first-order chi connectivity index (χ1) is 10.1. The van der Waals surface area contributed by atoms with Gasteiger partial charge in [0.1, 0.15) is 11.8 Å². The number of carbonyl (C=O) groups excluding carboxylic acids is 2. The van der Waals surface area contributed by atoms with E-state index in [-0.39, 0.29) is 25.7 Å². The number of amides is 1. The molecule has 1 atom stereocenters. The van der Waals surface area contributed by atoms with Crippen LogP contribution in [0.1, 0.15) is 25.8 Å². The van der Waals surface area contributed by atoms with Crippen LogP contribution in [-0.4, -0.2) is 36.2 Å². The predicted octanol–water partition coefficient (Wildman–Crippen LogP) is 1.25. The van der Waals surface area contributed by atoms with Crippen molar-refractivity contribution in [2.24, 2.45) is 0 Å². The lowest BCUT2D eigenvalue weighted by Gasteiger charge is -2.34. The van der Waals surface area contributed by atoms with E-state index >= 15 is 0 Å². The van der Waals surface area contributed by atoms with E-state index in [2.05, 4.69) is 0 Å². The molecule has 0 fully saturated rings. The third-order valence-electron chi connectivity index (χ3n) is 3.34. The molecule has 1 N–H and O–H groups in total. The molecule has 0 aliphatic carbocycles. The Morgan fingerprint density at radius 1 is 1.48 bits per heavy atom. The summed E-state index contributed by atoms with van der Waals surface area (Å²) in [6.45, 7) is 3.55. The van der Waals surface area contributed by atoms with E-state index in [0.29, 0.717) is 23.4 Å². The van der Waals surface area contributed by atoms with E-state index in [9.17, 15) is 14.7 Å². The maximum Gasteiger partial charge on any atom is 0.329 e. The van der Waals surface area contributed by atoms with E-state index in [4.69, 9.17) is 9.47 Å². The van der Waals surface area contributed by atoms with E-state index in [1.54, 1.807) is 25.1 Å². The number of carbonyl (C=O) groups is 2. The molecule has 0 bridgehead atoms. The van der Waals surface area contributed by atoms with Gasteiger partial charge in [0.25, 0.3) is 5.91 Å². The van der Waals surface area contributed by atoms with Crippen LogP contribution in [0.2, 0.25) is 0 Å². The quantitative estimate of drug-likeness (QED) is 0.827. The minimum atomic E-state index is -0.686. The summed E-state index contributed by atoms with van der Waals surface area (Å²) in [5.74, 6) is -0.206. The summed E-state index contributed by atoms with van der Waals surface area (Å²) >= 11 is 0. The van der Waals surface area contributed by atoms with Crippen molar-refractivity contribution < 1.29 is 24.2 Å². The van der Waals surface area contributed by atoms with Gasteiger partial charge in [-0.2, -0.15) is 0 Å². The second-order valence-corrected chi connectivity index (χ2v) is 4.69. The van der Waals surface area contributed by atoms with Crippen molar-refractivity contribution in [2.75, 3.05) is 18.1 Å². The number of aliphatic hydroxyl groups excluding tert-OH is 1. The van der Waals surface area contributed by atoms with Gasteiger partial charge >= 0.3 is 5.97 Å². The summed E-state index contributed by atoms with van der Waals surface area (Å²) < 4.78 is 10.4. The van der Waals surface area contributed by atoms with Crippen molar-refractivity contribution in [3.05, 3.63) is 23.8 Å². The number of hydrogen-bond donors (Lipinski definition) is 1.